The van der Waals surface area contributed by atoms with Crippen LogP contribution in [0.3, 0.4) is 0 Å². The van der Waals surface area contributed by atoms with Crippen LogP contribution in [-0.2, 0) is 0 Å². The van der Waals surface area contributed by atoms with Crippen LogP contribution in [0.5, 0.6) is 11.5 Å². The molecule has 0 aliphatic heterocycles. The molecule has 2 aromatic carbocycles. The minimum atomic E-state index is -0.235. The van der Waals surface area contributed by atoms with E-state index < -0.39 is 0 Å². The van der Waals surface area contributed by atoms with Gasteiger partial charge in [0.05, 0.1) is 18.7 Å². The van der Waals surface area contributed by atoms with Crippen LogP contribution in [0.25, 0.3) is 10.9 Å². The van der Waals surface area contributed by atoms with Gasteiger partial charge in [0.15, 0.2) is 11.5 Å². The van der Waals surface area contributed by atoms with E-state index in [1.54, 1.807) is 26.2 Å². The summed E-state index contributed by atoms with van der Waals surface area (Å²) in [5.74, 6) is 1.74. The van der Waals surface area contributed by atoms with Crippen LogP contribution >= 0.6 is 0 Å². The molecule has 1 heterocycles. The summed E-state index contributed by atoms with van der Waals surface area (Å²) in [6, 6.07) is 9.25. The molecule has 30 heavy (non-hydrogen) atoms. The predicted molar refractivity (Wildman–Crippen MR) is 116 cm³/mol. The number of ether oxygens (including phenoxy) is 2. The molecule has 4 rings (SSSR count). The fourth-order valence-corrected chi connectivity index (χ4v) is 3.92. The van der Waals surface area contributed by atoms with Gasteiger partial charge in [-0.1, -0.05) is 0 Å². The van der Waals surface area contributed by atoms with Gasteiger partial charge in [0.25, 0.3) is 0 Å². The molecule has 1 fully saturated rings. The minimum absolute atomic E-state index is 0.154. The van der Waals surface area contributed by atoms with Crippen molar-refractivity contribution in [3.05, 3.63) is 48.0 Å². The van der Waals surface area contributed by atoms with Crippen molar-refractivity contribution in [1.82, 2.24) is 15.3 Å². The number of aromatic nitrogens is 2. The van der Waals surface area contributed by atoms with Gasteiger partial charge >= 0.3 is 0 Å². The van der Waals surface area contributed by atoms with Crippen molar-refractivity contribution in [2.45, 2.75) is 44.8 Å². The Bertz CT molecular complexity index is 1040. The molecule has 0 atom stereocenters. The lowest BCUT2D eigenvalue weighted by atomic mass is 9.93. The smallest absolute Gasteiger partial charge is 0.162 e. The monoisotopic (exact) mass is 410 g/mol. The lowest BCUT2D eigenvalue weighted by Gasteiger charge is -2.29. The maximum Gasteiger partial charge on any atom is 0.162 e. The Morgan fingerprint density at radius 2 is 1.83 bits per heavy atom. The van der Waals surface area contributed by atoms with Gasteiger partial charge in [-0.3, -0.25) is 0 Å². The summed E-state index contributed by atoms with van der Waals surface area (Å²) in [7, 11) is 3.64. The maximum atomic E-state index is 13.6. The molecule has 0 unspecified atom stereocenters. The zero-order chi connectivity index (χ0) is 21.1. The highest BCUT2D eigenvalue weighted by Crippen LogP contribution is 2.37. The molecular weight excluding hydrogens is 383 g/mol. The van der Waals surface area contributed by atoms with E-state index in [1.807, 2.05) is 19.2 Å². The molecule has 2 N–H and O–H groups in total. The summed E-state index contributed by atoms with van der Waals surface area (Å²) in [5.41, 5.74) is 2.08. The summed E-state index contributed by atoms with van der Waals surface area (Å²) in [4.78, 5) is 8.78. The Hall–Kier alpha value is -2.93. The third-order valence-electron chi connectivity index (χ3n) is 5.72. The largest absolute Gasteiger partial charge is 0.493 e. The number of hydrogen-bond donors (Lipinski definition) is 2. The van der Waals surface area contributed by atoms with Gasteiger partial charge in [0, 0.05) is 23.2 Å². The van der Waals surface area contributed by atoms with Crippen molar-refractivity contribution in [2.75, 3.05) is 19.5 Å². The van der Waals surface area contributed by atoms with E-state index in [0.29, 0.717) is 28.9 Å². The third-order valence-corrected chi connectivity index (χ3v) is 5.72. The fraction of sp³-hybridized carbons (Fsp3) is 0.391. The molecule has 1 aromatic heterocycles. The number of fused-ring (bicyclic) bond motifs is 1. The van der Waals surface area contributed by atoms with Gasteiger partial charge in [0.1, 0.15) is 18.0 Å². The average Bonchev–Trinajstić information content (AvgIpc) is 2.77. The first-order chi connectivity index (χ1) is 14.6. The van der Waals surface area contributed by atoms with E-state index in [1.165, 1.54) is 12.4 Å². The van der Waals surface area contributed by atoms with Crippen LogP contribution in [0.2, 0.25) is 0 Å². The van der Waals surface area contributed by atoms with Crippen LogP contribution < -0.4 is 20.1 Å². The molecule has 1 aliphatic carbocycles. The fourth-order valence-electron chi connectivity index (χ4n) is 3.92. The van der Waals surface area contributed by atoms with E-state index in [4.69, 9.17) is 9.47 Å². The standard InChI is InChI=1S/C23H27FN4O2/c1-14-10-16(6-9-19(14)24)28-23-18-11-22(21(29-3)12-20(18)26-13-27-23)30-17-7-4-15(25-2)5-8-17/h6,9-13,15,17,25H,4-5,7-8H2,1-3H3,(H,26,27,28). The van der Waals surface area contributed by atoms with Gasteiger partial charge in [-0.15, -0.1) is 0 Å². The second kappa shape index (κ2) is 8.83. The number of nitrogens with one attached hydrogen (secondary N) is 2. The molecule has 0 amide bonds. The molecule has 6 nitrogen and oxygen atoms in total. The van der Waals surface area contributed by atoms with Crippen LogP contribution in [0.4, 0.5) is 15.9 Å². The van der Waals surface area contributed by atoms with Crippen molar-refractivity contribution in [3.8, 4) is 11.5 Å². The van der Waals surface area contributed by atoms with Gasteiger partial charge < -0.3 is 20.1 Å². The van der Waals surface area contributed by atoms with E-state index in [-0.39, 0.29) is 11.9 Å². The van der Waals surface area contributed by atoms with Gasteiger partial charge in [-0.2, -0.15) is 0 Å². The Morgan fingerprint density at radius 1 is 1.03 bits per heavy atom. The highest BCUT2D eigenvalue weighted by Gasteiger charge is 2.23. The second-order valence-electron chi connectivity index (χ2n) is 7.71. The van der Waals surface area contributed by atoms with Crippen molar-refractivity contribution in [2.24, 2.45) is 0 Å². The number of halogens is 1. The summed E-state index contributed by atoms with van der Waals surface area (Å²) in [5, 5.41) is 7.44. The molecule has 1 aliphatic rings. The first-order valence-electron chi connectivity index (χ1n) is 10.3. The average molecular weight is 410 g/mol. The topological polar surface area (TPSA) is 68.3 Å². The predicted octanol–water partition coefficient (Wildman–Crippen LogP) is 4.74. The van der Waals surface area contributed by atoms with Crippen molar-refractivity contribution in [1.29, 1.82) is 0 Å². The number of nitrogens with zero attached hydrogens (tertiary/aromatic N) is 2. The SMILES string of the molecule is CNC1CCC(Oc2cc3c(Nc4ccc(F)c(C)c4)ncnc3cc2OC)CC1. The molecule has 1 saturated carbocycles. The number of hydrogen-bond acceptors (Lipinski definition) is 6. The lowest BCUT2D eigenvalue weighted by molar-refractivity contribution is 0.137. The minimum Gasteiger partial charge on any atom is -0.493 e. The number of anilines is 2. The van der Waals surface area contributed by atoms with E-state index in [2.05, 4.69) is 20.6 Å². The molecule has 3 aromatic rings. The highest BCUT2D eigenvalue weighted by atomic mass is 19.1. The third kappa shape index (κ3) is 4.31. The summed E-state index contributed by atoms with van der Waals surface area (Å²) in [6.45, 7) is 1.73. The molecule has 7 heteroatoms. The lowest BCUT2D eigenvalue weighted by Crippen LogP contribution is -2.34. The molecule has 0 saturated heterocycles. The Labute approximate surface area is 175 Å². The summed E-state index contributed by atoms with van der Waals surface area (Å²) < 4.78 is 25.5. The van der Waals surface area contributed by atoms with Crippen LogP contribution in [0.15, 0.2) is 36.7 Å². The zero-order valence-electron chi connectivity index (χ0n) is 17.5. The summed E-state index contributed by atoms with van der Waals surface area (Å²) >= 11 is 0. The summed E-state index contributed by atoms with van der Waals surface area (Å²) in [6.07, 6.45) is 5.84. The van der Waals surface area contributed by atoms with Crippen molar-refractivity contribution >= 4 is 22.4 Å². The molecule has 0 bridgehead atoms. The number of rotatable bonds is 6. The molecule has 0 radical (unpaired) electrons. The molecule has 0 spiro atoms. The van der Waals surface area contributed by atoms with Gasteiger partial charge in [-0.25, -0.2) is 14.4 Å². The van der Waals surface area contributed by atoms with Gasteiger partial charge in [-0.05, 0) is 69.5 Å². The first kappa shape index (κ1) is 20.3. The van der Waals surface area contributed by atoms with E-state index in [0.717, 1.165) is 42.3 Å². The second-order valence-corrected chi connectivity index (χ2v) is 7.71. The Morgan fingerprint density at radius 3 is 2.53 bits per heavy atom. The molecular formula is C23H27FN4O2. The van der Waals surface area contributed by atoms with Crippen molar-refractivity contribution < 1.29 is 13.9 Å². The highest BCUT2D eigenvalue weighted by molar-refractivity contribution is 5.93. The first-order valence-corrected chi connectivity index (χ1v) is 10.3. The quantitative estimate of drug-likeness (QED) is 0.612. The Kier molecular flexibility index (Phi) is 5.99. The number of methoxy groups -OCH3 is 1. The van der Waals surface area contributed by atoms with Crippen LogP contribution in [0, 0.1) is 12.7 Å². The van der Waals surface area contributed by atoms with Crippen LogP contribution in [0.1, 0.15) is 31.2 Å². The van der Waals surface area contributed by atoms with Crippen LogP contribution in [-0.4, -0.2) is 36.3 Å². The maximum absolute atomic E-state index is 13.6. The normalized spacial score (nSPS) is 18.9. The Balaban J connectivity index is 1.64. The van der Waals surface area contributed by atoms with E-state index >= 15 is 0 Å². The molecule has 158 valence electrons. The number of aryl methyl sites for hydroxylation is 1. The zero-order valence-corrected chi connectivity index (χ0v) is 17.5. The van der Waals surface area contributed by atoms with E-state index in [9.17, 15) is 4.39 Å². The van der Waals surface area contributed by atoms with Gasteiger partial charge in [0.2, 0.25) is 0 Å². The van der Waals surface area contributed by atoms with Crippen molar-refractivity contribution in [3.63, 3.8) is 0 Å². The number of benzene rings is 2.